The van der Waals surface area contributed by atoms with E-state index in [9.17, 15) is 5.11 Å². The van der Waals surface area contributed by atoms with Crippen LogP contribution in [0.1, 0.15) is 17.5 Å². The predicted octanol–water partition coefficient (Wildman–Crippen LogP) is 2.94. The maximum Gasteiger partial charge on any atom is 0.120 e. The summed E-state index contributed by atoms with van der Waals surface area (Å²) in [5, 5.41) is 13.5. The van der Waals surface area contributed by atoms with Gasteiger partial charge in [-0.3, -0.25) is 0 Å². The number of ether oxygens (including phenoxy) is 1. The van der Waals surface area contributed by atoms with Crippen LogP contribution in [0.5, 0.6) is 5.75 Å². The van der Waals surface area contributed by atoms with E-state index in [-0.39, 0.29) is 12.1 Å². The maximum absolute atomic E-state index is 9.96. The molecule has 1 aliphatic carbocycles. The van der Waals surface area contributed by atoms with Crippen LogP contribution in [0.25, 0.3) is 0 Å². The summed E-state index contributed by atoms with van der Waals surface area (Å²) in [6.07, 6.45) is 1.90. The molecule has 2 aromatic rings. The second-order valence-electron chi connectivity index (χ2n) is 5.25. The number of anilines is 1. The van der Waals surface area contributed by atoms with Gasteiger partial charge in [0.25, 0.3) is 0 Å². The molecule has 0 bridgehead atoms. The van der Waals surface area contributed by atoms with E-state index in [1.54, 1.807) is 7.11 Å². The van der Waals surface area contributed by atoms with Crippen molar-refractivity contribution < 1.29 is 9.84 Å². The molecule has 0 aliphatic heterocycles. The average Bonchev–Trinajstić information content (AvgIpc) is 2.87. The zero-order chi connectivity index (χ0) is 14.0. The molecule has 1 aliphatic rings. The van der Waals surface area contributed by atoms with Crippen molar-refractivity contribution in [3.63, 3.8) is 0 Å². The van der Waals surface area contributed by atoms with Crippen LogP contribution in [0.4, 0.5) is 5.69 Å². The number of rotatable bonds is 4. The predicted molar refractivity (Wildman–Crippen MR) is 80.1 cm³/mol. The van der Waals surface area contributed by atoms with Crippen molar-refractivity contribution >= 4 is 5.69 Å². The van der Waals surface area contributed by atoms with E-state index in [1.807, 2.05) is 30.3 Å². The zero-order valence-electron chi connectivity index (χ0n) is 11.6. The highest BCUT2D eigenvalue weighted by Gasteiger charge is 2.37. The highest BCUT2D eigenvalue weighted by atomic mass is 16.5. The fourth-order valence-electron chi connectivity index (χ4n) is 3.00. The third-order valence-corrected chi connectivity index (χ3v) is 4.08. The van der Waals surface area contributed by atoms with Crippen LogP contribution in [0.3, 0.4) is 0 Å². The first kappa shape index (κ1) is 13.0. The molecule has 0 saturated carbocycles. The third kappa shape index (κ3) is 2.14. The van der Waals surface area contributed by atoms with Gasteiger partial charge in [0.15, 0.2) is 0 Å². The van der Waals surface area contributed by atoms with Gasteiger partial charge >= 0.3 is 0 Å². The lowest BCUT2D eigenvalue weighted by Gasteiger charge is -2.31. The van der Waals surface area contributed by atoms with Crippen LogP contribution in [-0.2, 0) is 12.0 Å². The Bertz CT molecular complexity index is 611. The first-order chi connectivity index (χ1) is 9.77. The number of benzene rings is 2. The van der Waals surface area contributed by atoms with Crippen molar-refractivity contribution in [2.75, 3.05) is 19.0 Å². The van der Waals surface area contributed by atoms with Crippen molar-refractivity contribution in [1.29, 1.82) is 0 Å². The van der Waals surface area contributed by atoms with Crippen molar-refractivity contribution in [3.05, 3.63) is 59.7 Å². The van der Waals surface area contributed by atoms with Crippen LogP contribution >= 0.6 is 0 Å². The first-order valence-corrected chi connectivity index (χ1v) is 6.89. The smallest absolute Gasteiger partial charge is 0.120 e. The van der Waals surface area contributed by atoms with Gasteiger partial charge in [0, 0.05) is 11.8 Å². The molecule has 0 amide bonds. The quantitative estimate of drug-likeness (QED) is 0.896. The van der Waals surface area contributed by atoms with E-state index < -0.39 is 0 Å². The standard InChI is InChI=1S/C17H19NO2/c1-20-15-7-4-6-14(11-15)18-17(12-19)10-9-13-5-2-3-8-16(13)17/h2-8,11,18-19H,9-10,12H2,1H3. The number of aliphatic hydroxyl groups is 1. The van der Waals surface area contributed by atoms with Crippen molar-refractivity contribution in [3.8, 4) is 5.75 Å². The van der Waals surface area contributed by atoms with Crippen LogP contribution < -0.4 is 10.1 Å². The average molecular weight is 269 g/mol. The van der Waals surface area contributed by atoms with Gasteiger partial charge < -0.3 is 15.2 Å². The monoisotopic (exact) mass is 269 g/mol. The Morgan fingerprint density at radius 3 is 2.85 bits per heavy atom. The molecule has 3 heteroatoms. The SMILES string of the molecule is COc1cccc(NC2(CO)CCc3ccccc32)c1. The van der Waals surface area contributed by atoms with Gasteiger partial charge in [0.2, 0.25) is 0 Å². The van der Waals surface area contributed by atoms with Gasteiger partial charge in [-0.05, 0) is 36.1 Å². The summed E-state index contributed by atoms with van der Waals surface area (Å²) in [5.41, 5.74) is 3.10. The number of aliphatic hydroxyl groups excluding tert-OH is 1. The molecule has 0 heterocycles. The summed E-state index contributed by atoms with van der Waals surface area (Å²) in [7, 11) is 1.66. The molecule has 0 fully saturated rings. The summed E-state index contributed by atoms with van der Waals surface area (Å²) in [4.78, 5) is 0. The molecule has 0 spiro atoms. The molecular weight excluding hydrogens is 250 g/mol. The Labute approximate surface area is 119 Å². The number of aryl methyl sites for hydroxylation is 1. The number of methoxy groups -OCH3 is 1. The van der Waals surface area contributed by atoms with E-state index in [0.717, 1.165) is 24.3 Å². The second kappa shape index (κ2) is 5.17. The molecule has 3 nitrogen and oxygen atoms in total. The Morgan fingerprint density at radius 2 is 2.05 bits per heavy atom. The van der Waals surface area contributed by atoms with E-state index in [1.165, 1.54) is 11.1 Å². The van der Waals surface area contributed by atoms with Gasteiger partial charge in [-0.1, -0.05) is 30.3 Å². The Morgan fingerprint density at radius 1 is 1.20 bits per heavy atom. The van der Waals surface area contributed by atoms with E-state index in [2.05, 4.69) is 23.5 Å². The van der Waals surface area contributed by atoms with Crippen molar-refractivity contribution in [2.45, 2.75) is 18.4 Å². The van der Waals surface area contributed by atoms with Gasteiger partial charge in [-0.2, -0.15) is 0 Å². The molecule has 1 unspecified atom stereocenters. The molecule has 3 rings (SSSR count). The number of nitrogens with one attached hydrogen (secondary N) is 1. The Hall–Kier alpha value is -2.00. The summed E-state index contributed by atoms with van der Waals surface area (Å²) in [6.45, 7) is 0.0845. The van der Waals surface area contributed by atoms with E-state index in [0.29, 0.717) is 0 Å². The molecule has 0 saturated heterocycles. The second-order valence-corrected chi connectivity index (χ2v) is 5.25. The molecule has 0 radical (unpaired) electrons. The lowest BCUT2D eigenvalue weighted by atomic mass is 9.92. The molecule has 2 N–H and O–H groups in total. The topological polar surface area (TPSA) is 41.5 Å². The molecule has 1 atom stereocenters. The third-order valence-electron chi connectivity index (χ3n) is 4.08. The van der Waals surface area contributed by atoms with E-state index in [4.69, 9.17) is 4.74 Å². The molecule has 104 valence electrons. The summed E-state index contributed by atoms with van der Waals surface area (Å²) < 4.78 is 5.25. The minimum Gasteiger partial charge on any atom is -0.497 e. The van der Waals surface area contributed by atoms with Crippen LogP contribution in [0, 0.1) is 0 Å². The Balaban J connectivity index is 1.95. The van der Waals surface area contributed by atoms with Crippen molar-refractivity contribution in [1.82, 2.24) is 0 Å². The lowest BCUT2D eigenvalue weighted by molar-refractivity contribution is 0.211. The van der Waals surface area contributed by atoms with Gasteiger partial charge in [-0.25, -0.2) is 0 Å². The summed E-state index contributed by atoms with van der Waals surface area (Å²) in [6, 6.07) is 16.1. The fourth-order valence-corrected chi connectivity index (χ4v) is 3.00. The lowest BCUT2D eigenvalue weighted by Crippen LogP contribution is -2.36. The van der Waals surface area contributed by atoms with Gasteiger partial charge in [-0.15, -0.1) is 0 Å². The van der Waals surface area contributed by atoms with Crippen LogP contribution in [0.15, 0.2) is 48.5 Å². The minimum atomic E-state index is -0.386. The first-order valence-electron chi connectivity index (χ1n) is 6.89. The van der Waals surface area contributed by atoms with Gasteiger partial charge in [0.05, 0.1) is 19.3 Å². The number of hydrogen-bond acceptors (Lipinski definition) is 3. The van der Waals surface area contributed by atoms with Crippen molar-refractivity contribution in [2.24, 2.45) is 0 Å². The molecular formula is C17H19NO2. The molecule has 0 aromatic heterocycles. The fraction of sp³-hybridized carbons (Fsp3) is 0.294. The number of fused-ring (bicyclic) bond motifs is 1. The van der Waals surface area contributed by atoms with Gasteiger partial charge in [0.1, 0.15) is 5.75 Å². The van der Waals surface area contributed by atoms with Crippen LogP contribution in [-0.4, -0.2) is 18.8 Å². The summed E-state index contributed by atoms with van der Waals surface area (Å²) >= 11 is 0. The zero-order valence-corrected chi connectivity index (χ0v) is 11.6. The molecule has 20 heavy (non-hydrogen) atoms. The Kier molecular flexibility index (Phi) is 3.36. The maximum atomic E-state index is 9.96. The molecule has 2 aromatic carbocycles. The summed E-state index contributed by atoms with van der Waals surface area (Å²) in [5.74, 6) is 0.814. The normalized spacial score (nSPS) is 20.5. The van der Waals surface area contributed by atoms with E-state index >= 15 is 0 Å². The highest BCUT2D eigenvalue weighted by Crippen LogP contribution is 2.39. The minimum absolute atomic E-state index is 0.0845. The number of hydrogen-bond donors (Lipinski definition) is 2. The van der Waals surface area contributed by atoms with Crippen LogP contribution in [0.2, 0.25) is 0 Å². The largest absolute Gasteiger partial charge is 0.497 e. The highest BCUT2D eigenvalue weighted by molar-refractivity contribution is 5.54.